The predicted molar refractivity (Wildman–Crippen MR) is 71.8 cm³/mol. The third-order valence-electron chi connectivity index (χ3n) is 2.73. The van der Waals surface area contributed by atoms with E-state index in [1.807, 2.05) is 0 Å². The molecule has 7 nitrogen and oxygen atoms in total. The summed E-state index contributed by atoms with van der Waals surface area (Å²) in [5, 5.41) is 12.3. The van der Waals surface area contributed by atoms with Crippen LogP contribution in [-0.4, -0.2) is 29.3 Å². The van der Waals surface area contributed by atoms with Crippen LogP contribution in [0.2, 0.25) is 0 Å². The standard InChI is InChI=1S/C12H12FN3O4S/c1-8-10(13)3-2-4-11(8)15-21(19,20)9-5-14-16(6-9)7-12(17)18/h2-6,15H,7H2,1H3,(H,17,18). The molecular weight excluding hydrogens is 301 g/mol. The topological polar surface area (TPSA) is 101 Å². The highest BCUT2D eigenvalue weighted by Crippen LogP contribution is 2.21. The number of anilines is 1. The number of carboxylic acid groups (broad SMARTS) is 1. The molecule has 0 aliphatic heterocycles. The molecule has 21 heavy (non-hydrogen) atoms. The molecule has 0 bridgehead atoms. The van der Waals surface area contributed by atoms with Crippen molar-refractivity contribution in [3.05, 3.63) is 42.0 Å². The molecule has 112 valence electrons. The van der Waals surface area contributed by atoms with Gasteiger partial charge in [-0.15, -0.1) is 0 Å². The molecule has 0 fully saturated rings. The Labute approximate surface area is 120 Å². The normalized spacial score (nSPS) is 11.3. The Hall–Kier alpha value is -2.42. The Bertz CT molecular complexity index is 786. The summed E-state index contributed by atoms with van der Waals surface area (Å²) >= 11 is 0. The average molecular weight is 313 g/mol. The molecule has 0 radical (unpaired) electrons. The molecule has 1 heterocycles. The minimum atomic E-state index is -3.96. The monoisotopic (exact) mass is 313 g/mol. The zero-order valence-electron chi connectivity index (χ0n) is 10.9. The van der Waals surface area contributed by atoms with Crippen LogP contribution in [0.25, 0.3) is 0 Å². The number of benzene rings is 1. The van der Waals surface area contributed by atoms with Crippen molar-refractivity contribution < 1.29 is 22.7 Å². The SMILES string of the molecule is Cc1c(F)cccc1NS(=O)(=O)c1cnn(CC(=O)O)c1. The Balaban J connectivity index is 2.28. The Morgan fingerprint density at radius 1 is 1.48 bits per heavy atom. The Kier molecular flexibility index (Phi) is 3.94. The second-order valence-corrected chi connectivity index (χ2v) is 5.97. The van der Waals surface area contributed by atoms with Gasteiger partial charge in [0.15, 0.2) is 0 Å². The van der Waals surface area contributed by atoms with Crippen molar-refractivity contribution in [2.24, 2.45) is 0 Å². The van der Waals surface area contributed by atoms with Crippen LogP contribution < -0.4 is 4.72 Å². The number of rotatable bonds is 5. The van der Waals surface area contributed by atoms with Gasteiger partial charge in [0.1, 0.15) is 17.3 Å². The van der Waals surface area contributed by atoms with E-state index in [4.69, 9.17) is 5.11 Å². The minimum absolute atomic E-state index is 0.112. The summed E-state index contributed by atoms with van der Waals surface area (Å²) in [7, 11) is -3.96. The largest absolute Gasteiger partial charge is 0.480 e. The summed E-state index contributed by atoms with van der Waals surface area (Å²) < 4.78 is 40.9. The number of halogens is 1. The van der Waals surface area contributed by atoms with Crippen LogP contribution in [0.4, 0.5) is 10.1 Å². The summed E-state index contributed by atoms with van der Waals surface area (Å²) in [6, 6.07) is 4.03. The van der Waals surface area contributed by atoms with E-state index in [0.717, 1.165) is 17.1 Å². The van der Waals surface area contributed by atoms with Crippen LogP contribution >= 0.6 is 0 Å². The third-order valence-corrected chi connectivity index (χ3v) is 4.05. The molecule has 1 aromatic heterocycles. The molecule has 0 aliphatic carbocycles. The number of carbonyl (C=O) groups is 1. The number of aliphatic carboxylic acids is 1. The lowest BCUT2D eigenvalue weighted by atomic mass is 10.2. The fourth-order valence-electron chi connectivity index (χ4n) is 1.63. The molecule has 0 saturated carbocycles. The first kappa shape index (κ1) is 15.0. The first-order chi connectivity index (χ1) is 9.79. The van der Waals surface area contributed by atoms with Gasteiger partial charge in [0.2, 0.25) is 0 Å². The van der Waals surface area contributed by atoms with Gasteiger partial charge in [-0.1, -0.05) is 6.07 Å². The zero-order valence-corrected chi connectivity index (χ0v) is 11.8. The van der Waals surface area contributed by atoms with Crippen molar-refractivity contribution in [2.45, 2.75) is 18.4 Å². The van der Waals surface area contributed by atoms with Gasteiger partial charge in [-0.2, -0.15) is 5.10 Å². The van der Waals surface area contributed by atoms with Gasteiger partial charge in [0.05, 0.1) is 11.9 Å². The van der Waals surface area contributed by atoms with Gasteiger partial charge < -0.3 is 5.11 Å². The Morgan fingerprint density at radius 2 is 2.19 bits per heavy atom. The second-order valence-electron chi connectivity index (χ2n) is 4.29. The zero-order chi connectivity index (χ0) is 15.6. The molecule has 1 aromatic carbocycles. The van der Waals surface area contributed by atoms with Crippen LogP contribution in [0.3, 0.4) is 0 Å². The number of carboxylic acids is 1. The second kappa shape index (κ2) is 5.52. The van der Waals surface area contributed by atoms with Crippen molar-refractivity contribution >= 4 is 21.7 Å². The van der Waals surface area contributed by atoms with Gasteiger partial charge in [0, 0.05) is 11.8 Å². The highest BCUT2D eigenvalue weighted by Gasteiger charge is 2.18. The maximum absolute atomic E-state index is 13.4. The van der Waals surface area contributed by atoms with Gasteiger partial charge in [-0.05, 0) is 19.1 Å². The van der Waals surface area contributed by atoms with Crippen molar-refractivity contribution in [2.75, 3.05) is 4.72 Å². The fraction of sp³-hybridized carbons (Fsp3) is 0.167. The Morgan fingerprint density at radius 3 is 2.86 bits per heavy atom. The molecule has 2 N–H and O–H groups in total. The van der Waals surface area contributed by atoms with E-state index in [-0.39, 0.29) is 16.1 Å². The van der Waals surface area contributed by atoms with Crippen molar-refractivity contribution in [3.8, 4) is 0 Å². The molecule has 0 unspecified atom stereocenters. The lowest BCUT2D eigenvalue weighted by Crippen LogP contribution is -2.14. The minimum Gasteiger partial charge on any atom is -0.480 e. The molecule has 0 saturated heterocycles. The van der Waals surface area contributed by atoms with Crippen LogP contribution in [0.15, 0.2) is 35.5 Å². The maximum Gasteiger partial charge on any atom is 0.325 e. The number of hydrogen-bond donors (Lipinski definition) is 2. The van der Waals surface area contributed by atoms with E-state index in [1.165, 1.54) is 25.1 Å². The highest BCUT2D eigenvalue weighted by atomic mass is 32.2. The van der Waals surface area contributed by atoms with Crippen LogP contribution in [0.1, 0.15) is 5.56 Å². The molecule has 2 rings (SSSR count). The molecule has 0 aliphatic rings. The summed E-state index contributed by atoms with van der Waals surface area (Å²) in [6.45, 7) is 0.996. The lowest BCUT2D eigenvalue weighted by Gasteiger charge is -2.09. The predicted octanol–water partition coefficient (Wildman–Crippen LogP) is 1.22. The number of sulfonamides is 1. The maximum atomic E-state index is 13.4. The number of nitrogens with one attached hydrogen (secondary N) is 1. The molecule has 9 heteroatoms. The summed E-state index contributed by atoms with van der Waals surface area (Å²) in [5.41, 5.74) is 0.278. The lowest BCUT2D eigenvalue weighted by molar-refractivity contribution is -0.137. The first-order valence-corrected chi connectivity index (χ1v) is 7.30. The van der Waals surface area contributed by atoms with Crippen LogP contribution in [0, 0.1) is 12.7 Å². The van der Waals surface area contributed by atoms with Crippen LogP contribution in [0.5, 0.6) is 0 Å². The third kappa shape index (κ3) is 3.37. The molecular formula is C12H12FN3O4S. The summed E-state index contributed by atoms with van der Waals surface area (Å²) in [6.07, 6.45) is 2.12. The highest BCUT2D eigenvalue weighted by molar-refractivity contribution is 7.92. The molecule has 0 spiro atoms. The fourth-order valence-corrected chi connectivity index (χ4v) is 2.71. The molecule has 2 aromatic rings. The van der Waals surface area contributed by atoms with Crippen molar-refractivity contribution in [3.63, 3.8) is 0 Å². The van der Waals surface area contributed by atoms with Crippen molar-refractivity contribution in [1.82, 2.24) is 9.78 Å². The number of nitrogens with zero attached hydrogens (tertiary/aromatic N) is 2. The molecule has 0 amide bonds. The quantitative estimate of drug-likeness (QED) is 0.864. The van der Waals surface area contributed by atoms with E-state index in [0.29, 0.717) is 0 Å². The molecule has 0 atom stereocenters. The smallest absolute Gasteiger partial charge is 0.325 e. The van der Waals surface area contributed by atoms with Gasteiger partial charge >= 0.3 is 5.97 Å². The van der Waals surface area contributed by atoms with E-state index in [1.54, 1.807) is 0 Å². The van der Waals surface area contributed by atoms with Gasteiger partial charge in [0.25, 0.3) is 10.0 Å². The van der Waals surface area contributed by atoms with Gasteiger partial charge in [-0.25, -0.2) is 12.8 Å². The van der Waals surface area contributed by atoms with Crippen molar-refractivity contribution in [1.29, 1.82) is 0 Å². The first-order valence-electron chi connectivity index (χ1n) is 5.82. The van der Waals surface area contributed by atoms with E-state index in [2.05, 4.69) is 9.82 Å². The number of aromatic nitrogens is 2. The van der Waals surface area contributed by atoms with E-state index >= 15 is 0 Å². The average Bonchev–Trinajstić information content (AvgIpc) is 2.83. The van der Waals surface area contributed by atoms with E-state index < -0.39 is 28.4 Å². The number of hydrogen-bond acceptors (Lipinski definition) is 4. The summed E-state index contributed by atoms with van der Waals surface area (Å²) in [4.78, 5) is 10.3. The van der Waals surface area contributed by atoms with Gasteiger partial charge in [-0.3, -0.25) is 14.2 Å². The van der Waals surface area contributed by atoms with E-state index in [9.17, 15) is 17.6 Å². The van der Waals surface area contributed by atoms with Crippen LogP contribution in [-0.2, 0) is 21.4 Å². The summed E-state index contributed by atoms with van der Waals surface area (Å²) in [5.74, 6) is -1.67.